The summed E-state index contributed by atoms with van der Waals surface area (Å²) >= 11 is 0. The normalized spacial score (nSPS) is 16.1. The topological polar surface area (TPSA) is 106 Å². The van der Waals surface area contributed by atoms with Crippen LogP contribution >= 0.6 is 0 Å². The zero-order valence-electron chi connectivity index (χ0n) is 21.6. The monoisotopic (exact) mass is 506 g/mol. The number of benzene rings is 1. The lowest BCUT2D eigenvalue weighted by Gasteiger charge is -2.32. The average molecular weight is 507 g/mol. The zero-order valence-corrected chi connectivity index (χ0v) is 21.6. The van der Waals surface area contributed by atoms with Crippen LogP contribution in [0.3, 0.4) is 0 Å². The Morgan fingerprint density at radius 3 is 2.59 bits per heavy atom. The number of fused-ring (bicyclic) bond motifs is 1. The molecule has 0 radical (unpaired) electrons. The molecule has 1 aliphatic heterocycles. The second-order valence-corrected chi connectivity index (χ2v) is 9.89. The summed E-state index contributed by atoms with van der Waals surface area (Å²) in [4.78, 5) is 35.2. The van der Waals surface area contributed by atoms with Crippen molar-refractivity contribution in [3.05, 3.63) is 41.7 Å². The molecule has 196 valence electrons. The predicted octanol–water partition coefficient (Wildman–Crippen LogP) is 3.70. The van der Waals surface area contributed by atoms with E-state index in [4.69, 9.17) is 14.2 Å². The molecule has 37 heavy (non-hydrogen) atoms. The largest absolute Gasteiger partial charge is 0.497 e. The Morgan fingerprint density at radius 1 is 1.11 bits per heavy atom. The smallest absolute Gasteiger partial charge is 0.255 e. The van der Waals surface area contributed by atoms with Crippen molar-refractivity contribution in [1.29, 1.82) is 0 Å². The van der Waals surface area contributed by atoms with Crippen LogP contribution in [0.4, 0.5) is 0 Å². The molecule has 9 nitrogen and oxygen atoms in total. The minimum absolute atomic E-state index is 0.00403. The van der Waals surface area contributed by atoms with Crippen LogP contribution in [0.5, 0.6) is 11.5 Å². The lowest BCUT2D eigenvalue weighted by Crippen LogP contribution is -2.47. The minimum atomic E-state index is -0.157. The van der Waals surface area contributed by atoms with Gasteiger partial charge in [0.25, 0.3) is 5.91 Å². The third-order valence-corrected chi connectivity index (χ3v) is 7.20. The summed E-state index contributed by atoms with van der Waals surface area (Å²) in [5.74, 6) is 1.93. The van der Waals surface area contributed by atoms with Gasteiger partial charge in [-0.15, -0.1) is 0 Å². The molecule has 9 heteroatoms. The van der Waals surface area contributed by atoms with Crippen molar-refractivity contribution < 1.29 is 23.8 Å². The maximum absolute atomic E-state index is 13.4. The van der Waals surface area contributed by atoms with Gasteiger partial charge in [-0.05, 0) is 56.7 Å². The van der Waals surface area contributed by atoms with Crippen LogP contribution in [0.1, 0.15) is 41.7 Å². The molecule has 3 heterocycles. The summed E-state index contributed by atoms with van der Waals surface area (Å²) in [5.41, 5.74) is 4.58. The number of nitrogens with zero attached hydrogens (tertiary/aromatic N) is 2. The third-order valence-electron chi connectivity index (χ3n) is 7.20. The highest BCUT2D eigenvalue weighted by molar-refractivity contribution is 6.09. The molecule has 2 amide bonds. The van der Waals surface area contributed by atoms with E-state index >= 15 is 0 Å². The van der Waals surface area contributed by atoms with Crippen LogP contribution in [0.15, 0.2) is 30.5 Å². The highest BCUT2D eigenvalue weighted by atomic mass is 16.5. The molecule has 0 spiro atoms. The molecular weight excluding hydrogens is 472 g/mol. The van der Waals surface area contributed by atoms with E-state index in [-0.39, 0.29) is 24.5 Å². The van der Waals surface area contributed by atoms with Crippen LogP contribution in [0.25, 0.3) is 22.2 Å². The van der Waals surface area contributed by atoms with Crippen LogP contribution in [-0.2, 0) is 9.53 Å². The number of hydrogen-bond donors (Lipinski definition) is 2. The number of pyridine rings is 1. The predicted molar refractivity (Wildman–Crippen MR) is 140 cm³/mol. The van der Waals surface area contributed by atoms with E-state index in [1.807, 2.05) is 31.2 Å². The minimum Gasteiger partial charge on any atom is -0.497 e. The third kappa shape index (κ3) is 5.41. The Bertz CT molecular complexity index is 1290. The summed E-state index contributed by atoms with van der Waals surface area (Å²) in [7, 11) is 3.16. The zero-order chi connectivity index (χ0) is 25.9. The lowest BCUT2D eigenvalue weighted by molar-refractivity contribution is -0.136. The highest BCUT2D eigenvalue weighted by Crippen LogP contribution is 2.39. The molecule has 2 N–H and O–H groups in total. The highest BCUT2D eigenvalue weighted by Gasteiger charge is 2.27. The number of likely N-dealkylation sites (tertiary alicyclic amines) is 1. The number of aromatic amines is 1. The summed E-state index contributed by atoms with van der Waals surface area (Å²) in [6, 6.07) is 7.76. The number of ether oxygens (including phenoxy) is 3. The number of amides is 2. The van der Waals surface area contributed by atoms with E-state index in [0.29, 0.717) is 49.5 Å². The fourth-order valence-electron chi connectivity index (χ4n) is 4.92. The van der Waals surface area contributed by atoms with Crippen molar-refractivity contribution in [2.45, 2.75) is 38.6 Å². The molecule has 2 aliphatic rings. The van der Waals surface area contributed by atoms with Gasteiger partial charge >= 0.3 is 0 Å². The second-order valence-electron chi connectivity index (χ2n) is 9.89. The average Bonchev–Trinajstić information content (AvgIpc) is 3.67. The van der Waals surface area contributed by atoms with Crippen molar-refractivity contribution in [2.75, 3.05) is 40.5 Å². The van der Waals surface area contributed by atoms with Gasteiger partial charge in [0.05, 0.1) is 24.8 Å². The van der Waals surface area contributed by atoms with E-state index in [1.54, 1.807) is 18.2 Å². The van der Waals surface area contributed by atoms with Crippen LogP contribution in [0.2, 0.25) is 0 Å². The molecule has 1 saturated carbocycles. The quantitative estimate of drug-likeness (QED) is 0.459. The van der Waals surface area contributed by atoms with Gasteiger partial charge in [-0.1, -0.05) is 0 Å². The molecule has 1 aromatic carbocycles. The summed E-state index contributed by atoms with van der Waals surface area (Å²) in [6.07, 6.45) is 5.55. The fourth-order valence-corrected chi connectivity index (χ4v) is 4.92. The number of aryl methyl sites for hydroxylation is 1. The lowest BCUT2D eigenvalue weighted by atomic mass is 10.0. The van der Waals surface area contributed by atoms with Crippen molar-refractivity contribution in [2.24, 2.45) is 5.92 Å². The first-order valence-corrected chi connectivity index (χ1v) is 12.8. The number of aromatic nitrogens is 2. The summed E-state index contributed by atoms with van der Waals surface area (Å²) in [5, 5.41) is 3.16. The summed E-state index contributed by atoms with van der Waals surface area (Å²) in [6.45, 7) is 3.86. The van der Waals surface area contributed by atoms with E-state index in [0.717, 1.165) is 33.8 Å². The van der Waals surface area contributed by atoms with Gasteiger partial charge < -0.3 is 29.4 Å². The van der Waals surface area contributed by atoms with Gasteiger partial charge in [0, 0.05) is 55.3 Å². The van der Waals surface area contributed by atoms with Gasteiger partial charge in [-0.25, -0.2) is 0 Å². The molecule has 2 fully saturated rings. The molecule has 0 bridgehead atoms. The van der Waals surface area contributed by atoms with Gasteiger partial charge in [-0.3, -0.25) is 14.6 Å². The Labute approximate surface area is 216 Å². The summed E-state index contributed by atoms with van der Waals surface area (Å²) < 4.78 is 16.6. The first-order valence-electron chi connectivity index (χ1n) is 12.8. The number of carbonyl (C=O) groups excluding carboxylic acids is 2. The number of hydrogen-bond acceptors (Lipinski definition) is 6. The van der Waals surface area contributed by atoms with Crippen LogP contribution in [0, 0.1) is 12.8 Å². The Hall–Kier alpha value is -3.59. The Balaban J connectivity index is 1.38. The first kappa shape index (κ1) is 25.1. The van der Waals surface area contributed by atoms with E-state index < -0.39 is 0 Å². The van der Waals surface area contributed by atoms with E-state index in [1.165, 1.54) is 20.0 Å². The van der Waals surface area contributed by atoms with Crippen LogP contribution < -0.4 is 14.8 Å². The van der Waals surface area contributed by atoms with Crippen molar-refractivity contribution in [3.63, 3.8) is 0 Å². The maximum Gasteiger partial charge on any atom is 0.255 e. The maximum atomic E-state index is 13.4. The van der Waals surface area contributed by atoms with Gasteiger partial charge in [-0.2, -0.15) is 0 Å². The molecule has 3 aromatic rings. The van der Waals surface area contributed by atoms with E-state index in [2.05, 4.69) is 15.3 Å². The van der Waals surface area contributed by atoms with Crippen molar-refractivity contribution in [1.82, 2.24) is 20.2 Å². The van der Waals surface area contributed by atoms with Gasteiger partial charge in [0.1, 0.15) is 23.6 Å². The van der Waals surface area contributed by atoms with Crippen LogP contribution in [-0.4, -0.2) is 73.2 Å². The molecule has 1 saturated heterocycles. The fraction of sp³-hybridized carbons (Fsp3) is 0.464. The number of methoxy groups -OCH3 is 2. The Kier molecular flexibility index (Phi) is 7.32. The second kappa shape index (κ2) is 10.8. The molecule has 0 atom stereocenters. The van der Waals surface area contributed by atoms with Crippen molar-refractivity contribution in [3.8, 4) is 22.6 Å². The van der Waals surface area contributed by atoms with Crippen molar-refractivity contribution >= 4 is 22.8 Å². The Morgan fingerprint density at radius 2 is 1.89 bits per heavy atom. The molecule has 1 aliphatic carbocycles. The number of piperidine rings is 1. The molecule has 5 rings (SSSR count). The SMILES string of the molecule is COCC(=O)N1CCC(NC(=O)c2c(C)[nH]c3c(-c4ccc(OC)cc4OCC4CC4)ccnc23)CC1. The number of nitrogens with one attached hydrogen (secondary N) is 2. The van der Waals surface area contributed by atoms with Gasteiger partial charge in [0.2, 0.25) is 5.91 Å². The molecule has 0 unspecified atom stereocenters. The molecular formula is C28H34N4O5. The van der Waals surface area contributed by atoms with E-state index in [9.17, 15) is 9.59 Å². The molecule has 2 aromatic heterocycles. The standard InChI is InChI=1S/C28H34N4O5/c1-17-25(28(34)31-19-9-12-32(13-10-19)24(33)16-35-2)27-26(30-17)22(8-11-29-27)21-7-6-20(36-3)14-23(21)37-15-18-4-5-18/h6-8,11,14,18-19,30H,4-5,9-10,12-13,15-16H2,1-3H3,(H,31,34). The number of carbonyl (C=O) groups is 2. The van der Waals surface area contributed by atoms with Gasteiger partial charge in [0.15, 0.2) is 0 Å². The first-order chi connectivity index (χ1) is 18.0. The number of rotatable bonds is 9. The number of H-pyrrole nitrogens is 1.